The third-order valence-corrected chi connectivity index (χ3v) is 5.64. The standard InChI is InChI=1S/C16H31N3.C7H16.Y/c1-8-10-13(9-2)15(3,4)12-16(5,6)14-11-19(7)18-17-14;1-3-5-7-6-4-2;/h11,13H,8-10,12H2,1-7H3;3-7H2,1-2H3;. The maximum Gasteiger partial charge on any atom is 0.0883 e. The minimum Gasteiger partial charge on any atom is -0.255 e. The molecule has 0 aliphatic heterocycles. The van der Waals surface area contributed by atoms with Gasteiger partial charge in [0.1, 0.15) is 0 Å². The van der Waals surface area contributed by atoms with Crippen LogP contribution in [0.4, 0.5) is 0 Å². The normalized spacial score (nSPS) is 12.8. The minimum atomic E-state index is 0. The van der Waals surface area contributed by atoms with Crippen LogP contribution < -0.4 is 0 Å². The van der Waals surface area contributed by atoms with E-state index in [4.69, 9.17) is 0 Å². The molecule has 4 heteroatoms. The Morgan fingerprint density at radius 3 is 1.85 bits per heavy atom. The largest absolute Gasteiger partial charge is 0.255 e. The van der Waals surface area contributed by atoms with E-state index in [0.29, 0.717) is 5.41 Å². The van der Waals surface area contributed by atoms with E-state index >= 15 is 0 Å². The molecule has 1 rings (SSSR count). The average Bonchev–Trinajstić information content (AvgIpc) is 3.00. The van der Waals surface area contributed by atoms with Gasteiger partial charge in [-0.05, 0) is 17.8 Å². The molecule has 0 spiro atoms. The molecule has 157 valence electrons. The van der Waals surface area contributed by atoms with E-state index in [1.54, 1.807) is 4.68 Å². The molecule has 3 nitrogen and oxygen atoms in total. The Hall–Kier alpha value is 0.244. The molecule has 1 heterocycles. The van der Waals surface area contributed by atoms with E-state index in [2.05, 4.69) is 71.9 Å². The summed E-state index contributed by atoms with van der Waals surface area (Å²) in [7, 11) is 1.93. The SMILES string of the molecule is CCCC(CC)C(C)(C)CC(C)(C)c1cn(C)nn1.CCCCCCC.[Y]. The van der Waals surface area contributed by atoms with Crippen molar-refractivity contribution in [2.75, 3.05) is 0 Å². The molecule has 0 fully saturated rings. The van der Waals surface area contributed by atoms with Crippen LogP contribution in [-0.4, -0.2) is 15.0 Å². The van der Waals surface area contributed by atoms with Crippen LogP contribution in [0.2, 0.25) is 0 Å². The van der Waals surface area contributed by atoms with Crippen molar-refractivity contribution in [1.82, 2.24) is 15.0 Å². The molecular weight excluding hydrogens is 407 g/mol. The Balaban J connectivity index is 0. The van der Waals surface area contributed by atoms with Crippen molar-refractivity contribution in [3.05, 3.63) is 11.9 Å². The average molecular weight is 455 g/mol. The number of hydrogen-bond donors (Lipinski definition) is 0. The summed E-state index contributed by atoms with van der Waals surface area (Å²) in [5.41, 5.74) is 1.53. The van der Waals surface area contributed by atoms with Crippen molar-refractivity contribution in [3.8, 4) is 0 Å². The van der Waals surface area contributed by atoms with Gasteiger partial charge in [-0.3, -0.25) is 4.68 Å². The van der Waals surface area contributed by atoms with Gasteiger partial charge >= 0.3 is 0 Å². The van der Waals surface area contributed by atoms with E-state index in [-0.39, 0.29) is 38.1 Å². The molecule has 0 aromatic carbocycles. The van der Waals surface area contributed by atoms with Gasteiger partial charge < -0.3 is 0 Å². The Labute approximate surface area is 195 Å². The summed E-state index contributed by atoms with van der Waals surface area (Å²) in [5, 5.41) is 8.40. The van der Waals surface area contributed by atoms with Gasteiger partial charge in [-0.2, -0.15) is 0 Å². The van der Waals surface area contributed by atoms with E-state index in [0.717, 1.165) is 18.0 Å². The molecule has 0 bridgehead atoms. The maximum absolute atomic E-state index is 4.32. The zero-order valence-electron chi connectivity index (χ0n) is 19.9. The second kappa shape index (κ2) is 15.1. The van der Waals surface area contributed by atoms with Gasteiger partial charge in [-0.15, -0.1) is 5.10 Å². The van der Waals surface area contributed by atoms with Crippen molar-refractivity contribution in [1.29, 1.82) is 0 Å². The third-order valence-electron chi connectivity index (χ3n) is 5.64. The second-order valence-corrected chi connectivity index (χ2v) is 9.28. The van der Waals surface area contributed by atoms with E-state index in [9.17, 15) is 0 Å². The molecule has 0 saturated heterocycles. The Morgan fingerprint density at radius 1 is 0.926 bits per heavy atom. The molecule has 1 aromatic heterocycles. The fourth-order valence-electron chi connectivity index (χ4n) is 4.20. The summed E-state index contributed by atoms with van der Waals surface area (Å²) >= 11 is 0. The molecule has 0 aliphatic rings. The van der Waals surface area contributed by atoms with Crippen LogP contribution in [0.15, 0.2) is 6.20 Å². The van der Waals surface area contributed by atoms with Crippen LogP contribution in [-0.2, 0) is 45.2 Å². The summed E-state index contributed by atoms with van der Waals surface area (Å²) in [6, 6.07) is 0. The van der Waals surface area contributed by atoms with Gasteiger partial charge in [0, 0.05) is 51.4 Å². The van der Waals surface area contributed by atoms with Crippen LogP contribution in [0.25, 0.3) is 0 Å². The van der Waals surface area contributed by atoms with Crippen molar-refractivity contribution in [3.63, 3.8) is 0 Å². The first-order chi connectivity index (χ1) is 12.1. The molecule has 1 radical (unpaired) electrons. The van der Waals surface area contributed by atoms with E-state index in [1.807, 2.05) is 7.05 Å². The van der Waals surface area contributed by atoms with E-state index < -0.39 is 0 Å². The predicted octanol–water partition coefficient (Wildman–Crippen LogP) is 7.31. The molecule has 1 aromatic rings. The van der Waals surface area contributed by atoms with Gasteiger partial charge in [0.2, 0.25) is 0 Å². The smallest absolute Gasteiger partial charge is 0.0883 e. The van der Waals surface area contributed by atoms with Crippen molar-refractivity contribution in [2.45, 2.75) is 119 Å². The molecule has 0 N–H and O–H groups in total. The maximum atomic E-state index is 4.32. The van der Waals surface area contributed by atoms with Crippen LogP contribution in [0.5, 0.6) is 0 Å². The minimum absolute atomic E-state index is 0. The van der Waals surface area contributed by atoms with Crippen LogP contribution in [0.3, 0.4) is 0 Å². The van der Waals surface area contributed by atoms with Gasteiger partial charge in [0.25, 0.3) is 0 Å². The first-order valence-corrected chi connectivity index (χ1v) is 11.0. The number of aromatic nitrogens is 3. The third kappa shape index (κ3) is 11.7. The van der Waals surface area contributed by atoms with Crippen LogP contribution in [0, 0.1) is 11.3 Å². The van der Waals surface area contributed by atoms with Gasteiger partial charge in [0.05, 0.1) is 5.69 Å². The number of aryl methyl sites for hydroxylation is 1. The summed E-state index contributed by atoms with van der Waals surface area (Å²) in [5.74, 6) is 0.786. The monoisotopic (exact) mass is 454 g/mol. The van der Waals surface area contributed by atoms with E-state index in [1.165, 1.54) is 51.4 Å². The topological polar surface area (TPSA) is 30.7 Å². The van der Waals surface area contributed by atoms with Crippen LogP contribution in [0.1, 0.15) is 119 Å². The molecule has 0 saturated carbocycles. The fraction of sp³-hybridized carbons (Fsp3) is 0.913. The summed E-state index contributed by atoms with van der Waals surface area (Å²) in [4.78, 5) is 0. The van der Waals surface area contributed by atoms with Gasteiger partial charge in [-0.1, -0.05) is 112 Å². The number of nitrogens with zero attached hydrogens (tertiary/aromatic N) is 3. The zero-order valence-corrected chi connectivity index (χ0v) is 22.8. The zero-order chi connectivity index (χ0) is 20.2. The molecular formula is C23H47N3Y. The molecule has 0 amide bonds. The summed E-state index contributed by atoms with van der Waals surface area (Å²) < 4.78 is 1.80. The Bertz CT molecular complexity index is 462. The predicted molar refractivity (Wildman–Crippen MR) is 116 cm³/mol. The Morgan fingerprint density at radius 2 is 1.48 bits per heavy atom. The number of hydrogen-bond acceptors (Lipinski definition) is 2. The molecule has 0 aliphatic carbocycles. The van der Waals surface area contributed by atoms with Crippen molar-refractivity contribution >= 4 is 0 Å². The van der Waals surface area contributed by atoms with Crippen molar-refractivity contribution < 1.29 is 32.7 Å². The fourth-order valence-corrected chi connectivity index (χ4v) is 4.20. The molecule has 27 heavy (non-hydrogen) atoms. The molecule has 1 atom stereocenters. The first kappa shape index (κ1) is 29.4. The molecule has 1 unspecified atom stereocenters. The quantitative estimate of drug-likeness (QED) is 0.328. The second-order valence-electron chi connectivity index (χ2n) is 9.28. The summed E-state index contributed by atoms with van der Waals surface area (Å²) in [6.07, 6.45) is 14.1. The van der Waals surface area contributed by atoms with Crippen molar-refractivity contribution in [2.24, 2.45) is 18.4 Å². The number of unbranched alkanes of at least 4 members (excludes halogenated alkanes) is 4. The van der Waals surface area contributed by atoms with Gasteiger partial charge in [-0.25, -0.2) is 0 Å². The van der Waals surface area contributed by atoms with Crippen LogP contribution >= 0.6 is 0 Å². The summed E-state index contributed by atoms with van der Waals surface area (Å²) in [6.45, 7) is 18.5. The Kier molecular flexibility index (Phi) is 16.5. The first-order valence-electron chi connectivity index (χ1n) is 11.0. The number of rotatable bonds is 11. The van der Waals surface area contributed by atoms with Gasteiger partial charge in [0.15, 0.2) is 0 Å².